The third-order valence-electron chi connectivity index (χ3n) is 7.21. The summed E-state index contributed by atoms with van der Waals surface area (Å²) in [6.07, 6.45) is 5.11. The average Bonchev–Trinajstić information content (AvgIpc) is 3.65. The summed E-state index contributed by atoms with van der Waals surface area (Å²) in [6, 6.07) is 16.4. The average molecular weight is 488 g/mol. The molecule has 1 amide bonds. The van der Waals surface area contributed by atoms with Crippen molar-refractivity contribution in [2.75, 3.05) is 25.1 Å². The zero-order valence-corrected chi connectivity index (χ0v) is 21.0. The number of carbonyl (C=O) groups is 1. The van der Waals surface area contributed by atoms with Crippen LogP contribution in [0.4, 0.5) is 10.5 Å². The maximum Gasteiger partial charge on any atom is 0.411 e. The quantitative estimate of drug-likeness (QED) is 0.323. The highest BCUT2D eigenvalue weighted by atomic mass is 16.6. The molecule has 36 heavy (non-hydrogen) atoms. The van der Waals surface area contributed by atoms with Crippen molar-refractivity contribution < 1.29 is 19.0 Å². The summed E-state index contributed by atoms with van der Waals surface area (Å²) in [4.78, 5) is 12.3. The molecule has 1 aromatic heterocycles. The van der Waals surface area contributed by atoms with Crippen LogP contribution in [0.3, 0.4) is 0 Å². The highest BCUT2D eigenvalue weighted by molar-refractivity contribution is 5.96. The van der Waals surface area contributed by atoms with E-state index in [0.29, 0.717) is 43.0 Å². The molecule has 7 nitrogen and oxygen atoms in total. The Bertz CT molecular complexity index is 1270. The minimum atomic E-state index is -0.430. The van der Waals surface area contributed by atoms with E-state index in [1.807, 2.05) is 56.3 Å². The topological polar surface area (TPSA) is 85.5 Å². The van der Waals surface area contributed by atoms with E-state index in [2.05, 4.69) is 16.0 Å². The monoisotopic (exact) mass is 487 g/mol. The fourth-order valence-corrected chi connectivity index (χ4v) is 4.85. The van der Waals surface area contributed by atoms with Crippen molar-refractivity contribution in [3.05, 3.63) is 48.0 Å². The molecule has 1 unspecified atom stereocenters. The summed E-state index contributed by atoms with van der Waals surface area (Å²) >= 11 is 0. The van der Waals surface area contributed by atoms with Crippen LogP contribution in [0.2, 0.25) is 0 Å². The Morgan fingerprint density at radius 1 is 1.14 bits per heavy atom. The molecule has 2 aliphatic rings. The van der Waals surface area contributed by atoms with Gasteiger partial charge < -0.3 is 18.8 Å². The Morgan fingerprint density at radius 3 is 2.56 bits per heavy atom. The van der Waals surface area contributed by atoms with Gasteiger partial charge in [0.1, 0.15) is 24.5 Å². The molecule has 2 fully saturated rings. The van der Waals surface area contributed by atoms with Crippen LogP contribution in [0, 0.1) is 17.2 Å². The molecule has 0 aliphatic heterocycles. The first-order valence-electron chi connectivity index (χ1n) is 13.0. The predicted molar refractivity (Wildman–Crippen MR) is 139 cm³/mol. The molecule has 0 radical (unpaired) electrons. The van der Waals surface area contributed by atoms with Crippen molar-refractivity contribution in [2.24, 2.45) is 5.92 Å². The Balaban J connectivity index is 1.43. The molecule has 0 saturated heterocycles. The lowest BCUT2D eigenvalue weighted by molar-refractivity contribution is 0.108. The predicted octanol–water partition coefficient (Wildman–Crippen LogP) is 6.67. The minimum absolute atomic E-state index is 0.0614. The number of fused-ring (bicyclic) bond motifs is 1. The fraction of sp³-hybridized carbons (Fsp3) is 0.448. The smallest absolute Gasteiger partial charge is 0.411 e. The Morgan fingerprint density at radius 2 is 1.92 bits per heavy atom. The maximum absolute atomic E-state index is 12.3. The largest absolute Gasteiger partial charge is 0.491 e. The third-order valence-corrected chi connectivity index (χ3v) is 7.21. The summed E-state index contributed by atoms with van der Waals surface area (Å²) < 4.78 is 19.1. The number of nitrogens with one attached hydrogen (secondary N) is 1. The number of benzene rings is 2. The summed E-state index contributed by atoms with van der Waals surface area (Å²) in [5.74, 6) is 1.27. The molecular formula is C29H33N3O4. The zero-order chi connectivity index (χ0) is 25.1. The summed E-state index contributed by atoms with van der Waals surface area (Å²) in [7, 11) is 0. The molecule has 2 saturated carbocycles. The number of hydrogen-bond acceptors (Lipinski definition) is 5. The van der Waals surface area contributed by atoms with Crippen LogP contribution in [0.5, 0.6) is 5.75 Å². The summed E-state index contributed by atoms with van der Waals surface area (Å²) in [5, 5.41) is 13.9. The first kappa shape index (κ1) is 24.2. The second-order valence-electron chi connectivity index (χ2n) is 9.66. The number of amides is 1. The van der Waals surface area contributed by atoms with E-state index < -0.39 is 6.09 Å². The van der Waals surface area contributed by atoms with Gasteiger partial charge in [-0.3, -0.25) is 5.32 Å². The van der Waals surface area contributed by atoms with Crippen LogP contribution in [0.1, 0.15) is 57.6 Å². The van der Waals surface area contributed by atoms with Crippen molar-refractivity contribution in [2.45, 2.75) is 58.1 Å². The lowest BCUT2D eigenvalue weighted by Gasteiger charge is -2.30. The van der Waals surface area contributed by atoms with Crippen molar-refractivity contribution >= 4 is 22.7 Å². The van der Waals surface area contributed by atoms with Gasteiger partial charge in [0.25, 0.3) is 0 Å². The molecule has 0 spiro atoms. The number of anilines is 1. The van der Waals surface area contributed by atoms with Gasteiger partial charge in [0.05, 0.1) is 23.4 Å². The number of nitrogens with zero attached hydrogens (tertiary/aromatic N) is 2. The van der Waals surface area contributed by atoms with Crippen LogP contribution >= 0.6 is 0 Å². The van der Waals surface area contributed by atoms with Gasteiger partial charge in [-0.05, 0) is 81.7 Å². The van der Waals surface area contributed by atoms with Gasteiger partial charge in [-0.2, -0.15) is 5.26 Å². The molecule has 1 N–H and O–H groups in total. The van der Waals surface area contributed by atoms with Crippen molar-refractivity contribution in [1.82, 2.24) is 4.57 Å². The van der Waals surface area contributed by atoms with E-state index in [-0.39, 0.29) is 6.10 Å². The van der Waals surface area contributed by atoms with E-state index in [1.165, 1.54) is 6.42 Å². The van der Waals surface area contributed by atoms with E-state index in [4.69, 9.17) is 14.2 Å². The molecule has 188 valence electrons. The molecule has 2 aliphatic carbocycles. The van der Waals surface area contributed by atoms with Gasteiger partial charge >= 0.3 is 6.09 Å². The first-order valence-corrected chi connectivity index (χ1v) is 13.0. The molecule has 0 bridgehead atoms. The van der Waals surface area contributed by atoms with Crippen LogP contribution < -0.4 is 10.1 Å². The van der Waals surface area contributed by atoms with Crippen LogP contribution in [-0.2, 0) is 9.47 Å². The number of nitriles is 1. The van der Waals surface area contributed by atoms with Gasteiger partial charge in [-0.1, -0.05) is 12.1 Å². The second-order valence-corrected chi connectivity index (χ2v) is 9.66. The van der Waals surface area contributed by atoms with Crippen molar-refractivity contribution in [3.8, 4) is 23.1 Å². The summed E-state index contributed by atoms with van der Waals surface area (Å²) in [6.45, 7) is 5.60. The number of hydrogen-bond donors (Lipinski definition) is 1. The van der Waals surface area contributed by atoms with Crippen LogP contribution in [-0.4, -0.2) is 36.6 Å². The molecular weight excluding hydrogens is 454 g/mol. The Hall–Kier alpha value is -3.50. The van der Waals surface area contributed by atoms with Gasteiger partial charge in [-0.15, -0.1) is 0 Å². The SMILES string of the molecule is CCOCCOc1ccc2c(C#N)c(-c3ccc(NC(=O)OC(C)C4CC4)cc3)n(C3CCC3)c2c1. The maximum atomic E-state index is 12.3. The van der Waals surface area contributed by atoms with E-state index in [1.54, 1.807) is 0 Å². The molecule has 1 heterocycles. The van der Waals surface area contributed by atoms with Gasteiger partial charge in [0.2, 0.25) is 0 Å². The van der Waals surface area contributed by atoms with Crippen LogP contribution in [0.15, 0.2) is 42.5 Å². The highest BCUT2D eigenvalue weighted by Gasteiger charge is 2.31. The van der Waals surface area contributed by atoms with E-state index >= 15 is 0 Å². The molecule has 7 heteroatoms. The minimum Gasteiger partial charge on any atom is -0.491 e. The van der Waals surface area contributed by atoms with Crippen molar-refractivity contribution in [3.63, 3.8) is 0 Å². The molecule has 5 rings (SSSR count). The molecule has 1 atom stereocenters. The van der Waals surface area contributed by atoms with Gasteiger partial charge in [-0.25, -0.2) is 4.79 Å². The molecule has 2 aromatic carbocycles. The van der Waals surface area contributed by atoms with Crippen molar-refractivity contribution in [1.29, 1.82) is 5.26 Å². The normalized spacial score (nSPS) is 16.2. The summed E-state index contributed by atoms with van der Waals surface area (Å²) in [5.41, 5.74) is 4.21. The zero-order valence-electron chi connectivity index (χ0n) is 21.0. The standard InChI is InChI=1S/C29H33N3O4/c1-3-34-15-16-35-24-13-14-25-26(18-30)28(32(27(25)17-24)23-5-4-6-23)21-9-11-22(12-10-21)31-29(33)36-19(2)20-7-8-20/h9-14,17,19-20,23H,3-8,15-16H2,1-2H3,(H,31,33). The highest BCUT2D eigenvalue weighted by Crippen LogP contribution is 2.43. The lowest BCUT2D eigenvalue weighted by Crippen LogP contribution is -2.21. The number of rotatable bonds is 10. The number of ether oxygens (including phenoxy) is 3. The van der Waals surface area contributed by atoms with E-state index in [9.17, 15) is 10.1 Å². The van der Waals surface area contributed by atoms with E-state index in [0.717, 1.165) is 53.6 Å². The third kappa shape index (κ3) is 5.05. The van der Waals surface area contributed by atoms with Crippen LogP contribution in [0.25, 0.3) is 22.2 Å². The Kier molecular flexibility index (Phi) is 7.15. The Labute approximate surface area is 211 Å². The fourth-order valence-electron chi connectivity index (χ4n) is 4.85. The lowest BCUT2D eigenvalue weighted by atomic mass is 9.92. The number of aromatic nitrogens is 1. The van der Waals surface area contributed by atoms with Gasteiger partial charge in [0.15, 0.2) is 0 Å². The molecule has 3 aromatic rings. The number of carbonyl (C=O) groups excluding carboxylic acids is 1. The van der Waals surface area contributed by atoms with Gasteiger partial charge in [0, 0.05) is 29.8 Å². The first-order chi connectivity index (χ1) is 17.6. The second kappa shape index (κ2) is 10.6.